The predicted molar refractivity (Wildman–Crippen MR) is 67.5 cm³/mol. The average Bonchev–Trinajstić information content (AvgIpc) is 2.71. The van der Waals surface area contributed by atoms with E-state index in [1.54, 1.807) is 6.07 Å². The van der Waals surface area contributed by atoms with E-state index in [0.29, 0.717) is 11.3 Å². The van der Waals surface area contributed by atoms with E-state index in [9.17, 15) is 4.57 Å². The molecule has 0 N–H and O–H groups in total. The summed E-state index contributed by atoms with van der Waals surface area (Å²) >= 11 is 0. The SMILES string of the molecule is COP(=O)(Cc1cc(C#N)oc1C(C)(C)C)OC. The lowest BCUT2D eigenvalue weighted by Gasteiger charge is -2.19. The third kappa shape index (κ3) is 3.23. The molecule has 0 amide bonds. The number of nitriles is 1. The van der Waals surface area contributed by atoms with Gasteiger partial charge in [-0.15, -0.1) is 0 Å². The summed E-state index contributed by atoms with van der Waals surface area (Å²) in [6.07, 6.45) is 0.0950. The van der Waals surface area contributed by atoms with Crippen LogP contribution < -0.4 is 0 Å². The minimum Gasteiger partial charge on any atom is -0.450 e. The maximum absolute atomic E-state index is 12.1. The molecule has 0 fully saturated rings. The topological polar surface area (TPSA) is 72.5 Å². The zero-order valence-corrected chi connectivity index (χ0v) is 12.2. The van der Waals surface area contributed by atoms with Crippen LogP contribution in [-0.2, 0) is 25.2 Å². The Balaban J connectivity index is 3.21. The molecule has 0 aromatic carbocycles. The van der Waals surface area contributed by atoms with Crippen LogP contribution in [0.25, 0.3) is 0 Å². The van der Waals surface area contributed by atoms with Gasteiger partial charge < -0.3 is 13.5 Å². The van der Waals surface area contributed by atoms with E-state index in [0.717, 1.165) is 0 Å². The van der Waals surface area contributed by atoms with Crippen LogP contribution in [-0.4, -0.2) is 14.2 Å². The normalized spacial score (nSPS) is 12.4. The Labute approximate surface area is 107 Å². The standard InChI is InChI=1S/C12H18NO4P/c1-12(2,3)11-9(6-10(7-13)17-11)8-18(14,15-4)16-5/h6H,8H2,1-5H3. The second-order valence-corrected chi connectivity index (χ2v) is 7.23. The second-order valence-electron chi connectivity index (χ2n) is 4.96. The third-order valence-electron chi connectivity index (χ3n) is 2.52. The van der Waals surface area contributed by atoms with Crippen molar-refractivity contribution in [3.8, 4) is 6.07 Å². The fraction of sp³-hybridized carbons (Fsp3) is 0.583. The summed E-state index contributed by atoms with van der Waals surface area (Å²) in [7, 11) is -0.487. The lowest BCUT2D eigenvalue weighted by atomic mass is 9.91. The first kappa shape index (κ1) is 15.0. The summed E-state index contributed by atoms with van der Waals surface area (Å²) in [5.74, 6) is 0.835. The highest BCUT2D eigenvalue weighted by Gasteiger charge is 2.30. The number of hydrogen-bond acceptors (Lipinski definition) is 5. The molecule has 0 radical (unpaired) electrons. The van der Waals surface area contributed by atoms with Crippen molar-refractivity contribution in [1.29, 1.82) is 5.26 Å². The summed E-state index contributed by atoms with van der Waals surface area (Å²) in [4.78, 5) is 0. The van der Waals surface area contributed by atoms with E-state index < -0.39 is 7.60 Å². The van der Waals surface area contributed by atoms with Gasteiger partial charge in [0, 0.05) is 25.2 Å². The highest BCUT2D eigenvalue weighted by atomic mass is 31.2. The Bertz CT molecular complexity index is 499. The van der Waals surface area contributed by atoms with Gasteiger partial charge in [-0.3, -0.25) is 4.57 Å². The molecule has 0 aliphatic carbocycles. The minimum absolute atomic E-state index is 0.0950. The third-order valence-corrected chi connectivity index (χ3v) is 4.36. The van der Waals surface area contributed by atoms with E-state index in [-0.39, 0.29) is 17.3 Å². The number of nitrogens with zero attached hydrogens (tertiary/aromatic N) is 1. The highest BCUT2D eigenvalue weighted by molar-refractivity contribution is 7.52. The van der Waals surface area contributed by atoms with Gasteiger partial charge in [0.05, 0.1) is 6.16 Å². The van der Waals surface area contributed by atoms with Gasteiger partial charge in [0.25, 0.3) is 0 Å². The Kier molecular flexibility index (Phi) is 4.39. The molecule has 0 saturated heterocycles. The largest absolute Gasteiger partial charge is 0.450 e. The van der Waals surface area contributed by atoms with E-state index in [1.807, 2.05) is 26.8 Å². The molecule has 0 saturated carbocycles. The molecule has 100 valence electrons. The maximum atomic E-state index is 12.1. The monoisotopic (exact) mass is 271 g/mol. The molecule has 6 heteroatoms. The number of rotatable bonds is 4. The lowest BCUT2D eigenvalue weighted by Crippen LogP contribution is -2.12. The van der Waals surface area contributed by atoms with Crippen molar-refractivity contribution in [2.24, 2.45) is 0 Å². The second kappa shape index (κ2) is 5.27. The zero-order chi connectivity index (χ0) is 14.0. The van der Waals surface area contributed by atoms with Crippen LogP contribution in [0.4, 0.5) is 0 Å². The van der Waals surface area contributed by atoms with Crippen molar-refractivity contribution < 1.29 is 18.0 Å². The summed E-state index contributed by atoms with van der Waals surface area (Å²) in [5.41, 5.74) is 0.405. The van der Waals surface area contributed by atoms with Crippen LogP contribution >= 0.6 is 7.60 Å². The molecule has 0 spiro atoms. The molecule has 1 heterocycles. The molecule has 0 bridgehead atoms. The van der Waals surface area contributed by atoms with Crippen molar-refractivity contribution in [2.75, 3.05) is 14.2 Å². The Morgan fingerprint density at radius 2 is 1.94 bits per heavy atom. The van der Waals surface area contributed by atoms with Gasteiger partial charge in [0.2, 0.25) is 5.76 Å². The van der Waals surface area contributed by atoms with Gasteiger partial charge in [0.1, 0.15) is 11.8 Å². The Hall–Kier alpha value is -1.08. The van der Waals surface area contributed by atoms with Crippen molar-refractivity contribution in [2.45, 2.75) is 32.3 Å². The van der Waals surface area contributed by atoms with Crippen molar-refractivity contribution in [3.63, 3.8) is 0 Å². The first-order valence-corrected chi connectivity index (χ1v) is 7.22. The van der Waals surface area contributed by atoms with Crippen LogP contribution in [0.1, 0.15) is 37.9 Å². The van der Waals surface area contributed by atoms with E-state index in [1.165, 1.54) is 14.2 Å². The summed E-state index contributed by atoms with van der Waals surface area (Å²) in [5, 5.41) is 8.88. The van der Waals surface area contributed by atoms with Crippen LogP contribution in [0, 0.1) is 11.3 Å². The molecule has 0 aliphatic heterocycles. The summed E-state index contributed by atoms with van der Waals surface area (Å²) in [6.45, 7) is 5.88. The van der Waals surface area contributed by atoms with Gasteiger partial charge in [-0.05, 0) is 6.07 Å². The quantitative estimate of drug-likeness (QED) is 0.784. The fourth-order valence-electron chi connectivity index (χ4n) is 1.65. The summed E-state index contributed by atoms with van der Waals surface area (Å²) in [6, 6.07) is 3.53. The highest BCUT2D eigenvalue weighted by Crippen LogP contribution is 2.51. The smallest absolute Gasteiger partial charge is 0.334 e. The van der Waals surface area contributed by atoms with Crippen molar-refractivity contribution >= 4 is 7.60 Å². The number of hydrogen-bond donors (Lipinski definition) is 0. The molecule has 1 aromatic rings. The average molecular weight is 271 g/mol. The van der Waals surface area contributed by atoms with Gasteiger partial charge >= 0.3 is 7.60 Å². The first-order valence-electron chi connectivity index (χ1n) is 5.49. The Morgan fingerprint density at radius 1 is 1.39 bits per heavy atom. The van der Waals surface area contributed by atoms with Crippen LogP contribution in [0.3, 0.4) is 0 Å². The van der Waals surface area contributed by atoms with Crippen LogP contribution in [0.2, 0.25) is 0 Å². The van der Waals surface area contributed by atoms with Gasteiger partial charge in [0.15, 0.2) is 0 Å². The summed E-state index contributed by atoms with van der Waals surface area (Å²) < 4.78 is 27.4. The van der Waals surface area contributed by atoms with Crippen LogP contribution in [0.15, 0.2) is 10.5 Å². The van der Waals surface area contributed by atoms with Gasteiger partial charge in [-0.1, -0.05) is 20.8 Å². The maximum Gasteiger partial charge on any atom is 0.334 e. The molecule has 0 atom stereocenters. The molecular weight excluding hydrogens is 253 g/mol. The predicted octanol–water partition coefficient (Wildman–Crippen LogP) is 3.43. The van der Waals surface area contributed by atoms with E-state index in [4.69, 9.17) is 18.7 Å². The van der Waals surface area contributed by atoms with Crippen LogP contribution in [0.5, 0.6) is 0 Å². The lowest BCUT2D eigenvalue weighted by molar-refractivity contribution is 0.274. The zero-order valence-electron chi connectivity index (χ0n) is 11.3. The molecule has 0 unspecified atom stereocenters. The molecule has 1 rings (SSSR count). The number of furan rings is 1. The molecule has 1 aromatic heterocycles. The Morgan fingerprint density at radius 3 is 2.33 bits per heavy atom. The van der Waals surface area contributed by atoms with E-state index in [2.05, 4.69) is 0 Å². The van der Waals surface area contributed by atoms with Crippen molar-refractivity contribution in [3.05, 3.63) is 23.2 Å². The molecular formula is C12H18NO4P. The fourth-order valence-corrected chi connectivity index (χ4v) is 2.71. The molecule has 18 heavy (non-hydrogen) atoms. The van der Waals surface area contributed by atoms with Gasteiger partial charge in [-0.2, -0.15) is 5.26 Å². The molecule has 0 aliphatic rings. The minimum atomic E-state index is -3.17. The van der Waals surface area contributed by atoms with Crippen molar-refractivity contribution in [1.82, 2.24) is 0 Å². The first-order chi connectivity index (χ1) is 8.25. The van der Waals surface area contributed by atoms with E-state index >= 15 is 0 Å². The molecule has 5 nitrogen and oxygen atoms in total. The van der Waals surface area contributed by atoms with Gasteiger partial charge in [-0.25, -0.2) is 0 Å².